The van der Waals surface area contributed by atoms with E-state index in [1.165, 1.54) is 22.2 Å². The normalized spacial score (nSPS) is 15.5. The van der Waals surface area contributed by atoms with E-state index in [0.29, 0.717) is 52.3 Å². The van der Waals surface area contributed by atoms with Crippen molar-refractivity contribution < 1.29 is 19.1 Å². The van der Waals surface area contributed by atoms with Gasteiger partial charge in [0.15, 0.2) is 22.3 Å². The minimum Gasteiger partial charge on any atom is -0.454 e. The lowest BCUT2D eigenvalue weighted by molar-refractivity contribution is -0.125. The fourth-order valence-corrected chi connectivity index (χ4v) is 5.08. The average Bonchev–Trinajstić information content (AvgIpc) is 3.48. The summed E-state index contributed by atoms with van der Waals surface area (Å²) in [5.41, 5.74) is 0.600. The maximum absolute atomic E-state index is 13.0. The average molecular weight is 485 g/mol. The van der Waals surface area contributed by atoms with Crippen LogP contribution in [0.1, 0.15) is 19.8 Å². The van der Waals surface area contributed by atoms with Crippen LogP contribution in [0.25, 0.3) is 10.3 Å². The van der Waals surface area contributed by atoms with Crippen LogP contribution in [0.5, 0.6) is 11.5 Å². The Balaban J connectivity index is 1.26. The lowest BCUT2D eigenvalue weighted by Gasteiger charge is -2.30. The van der Waals surface area contributed by atoms with Crippen LogP contribution < -0.4 is 30.6 Å². The lowest BCUT2D eigenvalue weighted by atomic mass is 9.96. The maximum Gasteiger partial charge on any atom is 0.273 e. The van der Waals surface area contributed by atoms with Crippen molar-refractivity contribution in [3.05, 3.63) is 34.9 Å². The van der Waals surface area contributed by atoms with Gasteiger partial charge in [0, 0.05) is 37.3 Å². The molecule has 1 saturated heterocycles. The van der Waals surface area contributed by atoms with E-state index in [1.807, 2.05) is 6.92 Å². The Morgan fingerprint density at radius 2 is 2.00 bits per heavy atom. The molecule has 34 heavy (non-hydrogen) atoms. The highest BCUT2D eigenvalue weighted by molar-refractivity contribution is 7.22. The van der Waals surface area contributed by atoms with Crippen LogP contribution in [0.15, 0.2) is 29.3 Å². The summed E-state index contributed by atoms with van der Waals surface area (Å²) in [4.78, 5) is 48.5. The van der Waals surface area contributed by atoms with E-state index in [4.69, 9.17) is 9.47 Å². The number of nitrogens with zero attached hydrogens (tertiary/aromatic N) is 4. The van der Waals surface area contributed by atoms with Crippen molar-refractivity contribution in [1.82, 2.24) is 19.9 Å². The first-order valence-corrected chi connectivity index (χ1v) is 11.9. The standard InChI is InChI=1S/C22H24N6O5S/c1-2-23-20(30)13-5-7-27(8-6-13)22-26-19-18(34-22)21(31)28(11-24-19)10-17(29)25-14-3-4-15-16(9-14)33-12-32-15/h3-4,9,11,13H,2,5-8,10,12H2,1H3,(H,23,30)(H,25,29). The number of anilines is 2. The molecule has 0 spiro atoms. The van der Waals surface area contributed by atoms with Crippen LogP contribution in [0.4, 0.5) is 10.8 Å². The molecule has 4 heterocycles. The molecule has 0 aliphatic carbocycles. The summed E-state index contributed by atoms with van der Waals surface area (Å²) in [5, 5.41) is 6.34. The van der Waals surface area contributed by atoms with Gasteiger partial charge in [0.05, 0.1) is 0 Å². The second-order valence-electron chi connectivity index (χ2n) is 8.10. The van der Waals surface area contributed by atoms with E-state index < -0.39 is 0 Å². The van der Waals surface area contributed by atoms with E-state index in [2.05, 4.69) is 25.5 Å². The number of rotatable bonds is 6. The van der Waals surface area contributed by atoms with Crippen LogP contribution in [-0.2, 0) is 16.1 Å². The van der Waals surface area contributed by atoms with Gasteiger partial charge in [-0.1, -0.05) is 11.3 Å². The van der Waals surface area contributed by atoms with Crippen LogP contribution in [0.2, 0.25) is 0 Å². The van der Waals surface area contributed by atoms with Crippen molar-refractivity contribution in [1.29, 1.82) is 0 Å². The molecular formula is C22H24N6O5S. The van der Waals surface area contributed by atoms with E-state index in [-0.39, 0.29) is 36.6 Å². The third kappa shape index (κ3) is 4.40. The number of thiazole rings is 1. The van der Waals surface area contributed by atoms with Crippen LogP contribution in [-0.4, -0.2) is 52.8 Å². The molecule has 2 aliphatic heterocycles. The fraction of sp³-hybridized carbons (Fsp3) is 0.409. The first-order chi connectivity index (χ1) is 16.5. The van der Waals surface area contributed by atoms with Gasteiger partial charge in [0.25, 0.3) is 5.56 Å². The van der Waals surface area contributed by atoms with Crippen molar-refractivity contribution in [2.24, 2.45) is 5.92 Å². The molecule has 0 saturated carbocycles. The molecule has 0 atom stereocenters. The molecule has 2 amide bonds. The number of hydrogen-bond acceptors (Lipinski definition) is 9. The largest absolute Gasteiger partial charge is 0.454 e. The van der Waals surface area contributed by atoms with Crippen LogP contribution in [0.3, 0.4) is 0 Å². The second kappa shape index (κ2) is 9.29. The number of aromatic nitrogens is 3. The van der Waals surface area contributed by atoms with Gasteiger partial charge in [-0.05, 0) is 31.9 Å². The van der Waals surface area contributed by atoms with Crippen molar-refractivity contribution in [2.75, 3.05) is 36.6 Å². The Kier molecular flexibility index (Phi) is 6.05. The van der Waals surface area contributed by atoms with Crippen molar-refractivity contribution in [3.8, 4) is 11.5 Å². The number of nitrogens with one attached hydrogen (secondary N) is 2. The molecule has 5 rings (SSSR count). The lowest BCUT2D eigenvalue weighted by Crippen LogP contribution is -2.40. The number of benzene rings is 1. The molecule has 2 aromatic heterocycles. The Hall–Kier alpha value is -3.67. The Morgan fingerprint density at radius 1 is 1.21 bits per heavy atom. The van der Waals surface area contributed by atoms with Gasteiger partial charge in [-0.25, -0.2) is 4.98 Å². The van der Waals surface area contributed by atoms with Crippen LogP contribution in [0, 0.1) is 5.92 Å². The molecule has 0 bridgehead atoms. The topological polar surface area (TPSA) is 128 Å². The van der Waals surface area contributed by atoms with E-state index >= 15 is 0 Å². The minimum atomic E-state index is -0.362. The highest BCUT2D eigenvalue weighted by Crippen LogP contribution is 2.34. The molecule has 3 aromatic rings. The van der Waals surface area contributed by atoms with E-state index in [1.54, 1.807) is 18.2 Å². The number of piperidine rings is 1. The maximum atomic E-state index is 13.0. The van der Waals surface area contributed by atoms with Gasteiger partial charge in [0.1, 0.15) is 17.6 Å². The molecule has 11 nitrogen and oxygen atoms in total. The summed E-state index contributed by atoms with van der Waals surface area (Å²) in [5.74, 6) is 0.919. The second-order valence-corrected chi connectivity index (χ2v) is 9.08. The molecule has 2 N–H and O–H groups in total. The highest BCUT2D eigenvalue weighted by atomic mass is 32.1. The van der Waals surface area contributed by atoms with Crippen molar-refractivity contribution >= 4 is 44.3 Å². The number of carbonyl (C=O) groups is 2. The SMILES string of the molecule is CCNC(=O)C1CCN(c2nc3ncn(CC(=O)Nc4ccc5c(c4)OCO5)c(=O)c3s2)CC1. The molecule has 12 heteroatoms. The van der Waals surface area contributed by atoms with E-state index in [9.17, 15) is 14.4 Å². The zero-order valence-electron chi connectivity index (χ0n) is 18.6. The molecule has 0 unspecified atom stereocenters. The smallest absolute Gasteiger partial charge is 0.273 e. The van der Waals surface area contributed by atoms with Gasteiger partial charge in [-0.15, -0.1) is 0 Å². The third-order valence-electron chi connectivity index (χ3n) is 5.83. The number of hydrogen-bond donors (Lipinski definition) is 2. The summed E-state index contributed by atoms with van der Waals surface area (Å²) >= 11 is 1.27. The van der Waals surface area contributed by atoms with Crippen molar-refractivity contribution in [3.63, 3.8) is 0 Å². The summed E-state index contributed by atoms with van der Waals surface area (Å²) in [7, 11) is 0. The predicted molar refractivity (Wildman–Crippen MR) is 126 cm³/mol. The van der Waals surface area contributed by atoms with Gasteiger partial charge < -0.3 is 25.0 Å². The number of fused-ring (bicyclic) bond motifs is 2. The molecular weight excluding hydrogens is 460 g/mol. The molecule has 0 radical (unpaired) electrons. The minimum absolute atomic E-state index is 0.00389. The molecule has 2 aliphatic rings. The zero-order valence-corrected chi connectivity index (χ0v) is 19.4. The van der Waals surface area contributed by atoms with Crippen LogP contribution >= 0.6 is 11.3 Å². The number of amides is 2. The number of ether oxygens (including phenoxy) is 2. The summed E-state index contributed by atoms with van der Waals surface area (Å²) in [6, 6.07) is 5.10. The van der Waals surface area contributed by atoms with Gasteiger partial charge in [-0.3, -0.25) is 19.0 Å². The predicted octanol–water partition coefficient (Wildman–Crippen LogP) is 1.57. The first-order valence-electron chi connectivity index (χ1n) is 11.1. The summed E-state index contributed by atoms with van der Waals surface area (Å²) in [6.45, 7) is 3.89. The Labute approximate surface area is 198 Å². The quantitative estimate of drug-likeness (QED) is 0.540. The van der Waals surface area contributed by atoms with Gasteiger partial charge >= 0.3 is 0 Å². The summed E-state index contributed by atoms with van der Waals surface area (Å²) < 4.78 is 12.3. The first kappa shape index (κ1) is 22.1. The molecule has 178 valence electrons. The monoisotopic (exact) mass is 484 g/mol. The third-order valence-corrected chi connectivity index (χ3v) is 6.92. The van der Waals surface area contributed by atoms with Crippen molar-refractivity contribution in [2.45, 2.75) is 26.3 Å². The van der Waals surface area contributed by atoms with E-state index in [0.717, 1.165) is 12.8 Å². The molecule has 1 aromatic carbocycles. The fourth-order valence-electron chi connectivity index (χ4n) is 4.06. The van der Waals surface area contributed by atoms with Gasteiger partial charge in [0.2, 0.25) is 18.6 Å². The van der Waals surface area contributed by atoms with Gasteiger partial charge in [-0.2, -0.15) is 4.98 Å². The number of carbonyl (C=O) groups excluding carboxylic acids is 2. The summed E-state index contributed by atoms with van der Waals surface area (Å²) in [6.07, 6.45) is 2.81. The Bertz CT molecular complexity index is 1300. The Morgan fingerprint density at radius 3 is 2.79 bits per heavy atom. The highest BCUT2D eigenvalue weighted by Gasteiger charge is 2.26. The zero-order chi connectivity index (χ0) is 23.7. The molecule has 1 fully saturated rings.